The fourth-order valence-corrected chi connectivity index (χ4v) is 3.69. The molecule has 3 saturated heterocycles. The minimum atomic E-state index is 0.357. The number of thiazole rings is 1. The van der Waals surface area contributed by atoms with Crippen molar-refractivity contribution >= 4 is 11.3 Å². The van der Waals surface area contributed by atoms with E-state index in [1.165, 1.54) is 43.4 Å². The molecule has 2 atom stereocenters. The van der Waals surface area contributed by atoms with Crippen LogP contribution < -0.4 is 5.32 Å². The maximum Gasteiger partial charge on any atom is 0.111 e. The number of piperazine rings is 3. The summed E-state index contributed by atoms with van der Waals surface area (Å²) in [6.07, 6.45) is 0. The maximum absolute atomic E-state index is 4.81. The van der Waals surface area contributed by atoms with Gasteiger partial charge in [0.1, 0.15) is 5.01 Å². The van der Waals surface area contributed by atoms with Crippen LogP contribution in [0.5, 0.6) is 0 Å². The number of hydrogen-bond donors (Lipinski definition) is 1. The summed E-state index contributed by atoms with van der Waals surface area (Å²) in [5, 5.41) is 6.75. The molecule has 0 aromatic carbocycles. The lowest BCUT2D eigenvalue weighted by molar-refractivity contribution is 0.0122. The zero-order valence-corrected chi connectivity index (χ0v) is 11.3. The van der Waals surface area contributed by atoms with E-state index in [0.29, 0.717) is 12.1 Å². The predicted molar refractivity (Wildman–Crippen MR) is 70.3 cm³/mol. The van der Waals surface area contributed by atoms with Gasteiger partial charge < -0.3 is 5.32 Å². The van der Waals surface area contributed by atoms with Crippen molar-refractivity contribution < 1.29 is 0 Å². The number of aromatic nitrogens is 1. The molecule has 0 saturated carbocycles. The summed E-state index contributed by atoms with van der Waals surface area (Å²) in [6.45, 7) is 8.22. The Morgan fingerprint density at radius 1 is 1.41 bits per heavy atom. The van der Waals surface area contributed by atoms with Crippen molar-refractivity contribution in [3.05, 3.63) is 16.1 Å². The van der Waals surface area contributed by atoms with Gasteiger partial charge in [-0.05, 0) is 14.0 Å². The molecular formula is C12H20N4S. The minimum Gasteiger partial charge on any atom is -0.312 e. The van der Waals surface area contributed by atoms with Gasteiger partial charge >= 0.3 is 0 Å². The van der Waals surface area contributed by atoms with Crippen molar-refractivity contribution in [1.82, 2.24) is 20.1 Å². The van der Waals surface area contributed by atoms with E-state index in [0.717, 1.165) is 0 Å². The van der Waals surface area contributed by atoms with E-state index in [-0.39, 0.29) is 0 Å². The molecule has 0 amide bonds. The Kier molecular flexibility index (Phi) is 3.17. The average Bonchev–Trinajstić information content (AvgIpc) is 2.88. The van der Waals surface area contributed by atoms with Crippen LogP contribution in [0.4, 0.5) is 0 Å². The number of nitrogens with one attached hydrogen (secondary N) is 1. The highest BCUT2D eigenvalue weighted by molar-refractivity contribution is 7.09. The Morgan fingerprint density at radius 2 is 2.18 bits per heavy atom. The fraction of sp³-hybridized carbons (Fsp3) is 0.750. The van der Waals surface area contributed by atoms with Gasteiger partial charge in [-0.2, -0.15) is 0 Å². The van der Waals surface area contributed by atoms with E-state index >= 15 is 0 Å². The SMILES string of the molecule is CNC(C)c1csc(C2CN3CCN2CC3)n1. The number of rotatable bonds is 3. The van der Waals surface area contributed by atoms with E-state index in [9.17, 15) is 0 Å². The third-order valence-corrected chi connectivity index (χ3v) is 4.94. The molecule has 2 unspecified atom stereocenters. The van der Waals surface area contributed by atoms with Crippen molar-refractivity contribution in [2.75, 3.05) is 39.8 Å². The van der Waals surface area contributed by atoms with Crippen molar-refractivity contribution in [3.8, 4) is 0 Å². The zero-order valence-electron chi connectivity index (χ0n) is 10.5. The number of nitrogens with zero attached hydrogens (tertiary/aromatic N) is 3. The molecule has 0 radical (unpaired) electrons. The van der Waals surface area contributed by atoms with Crippen LogP contribution in [0.25, 0.3) is 0 Å². The first-order chi connectivity index (χ1) is 8.28. The van der Waals surface area contributed by atoms with Crippen molar-refractivity contribution in [2.45, 2.75) is 19.0 Å². The largest absolute Gasteiger partial charge is 0.312 e. The van der Waals surface area contributed by atoms with Gasteiger partial charge in [-0.1, -0.05) is 0 Å². The predicted octanol–water partition coefficient (Wildman–Crippen LogP) is 1.10. The van der Waals surface area contributed by atoms with Crippen molar-refractivity contribution in [2.24, 2.45) is 0 Å². The molecule has 4 heterocycles. The number of fused-ring (bicyclic) bond motifs is 3. The molecule has 1 N–H and O–H groups in total. The monoisotopic (exact) mass is 252 g/mol. The van der Waals surface area contributed by atoms with Gasteiger partial charge in [0.05, 0.1) is 11.7 Å². The third-order valence-electron chi connectivity index (χ3n) is 3.98. The molecule has 17 heavy (non-hydrogen) atoms. The van der Waals surface area contributed by atoms with Crippen LogP contribution >= 0.6 is 11.3 Å². The Balaban J connectivity index is 1.78. The van der Waals surface area contributed by atoms with E-state index in [1.54, 1.807) is 0 Å². The van der Waals surface area contributed by atoms with Gasteiger partial charge in [0.25, 0.3) is 0 Å². The van der Waals surface area contributed by atoms with Gasteiger partial charge in [-0.3, -0.25) is 9.80 Å². The first-order valence-corrected chi connectivity index (χ1v) is 7.25. The molecule has 1 aromatic rings. The second-order valence-electron chi connectivity index (χ2n) is 4.97. The molecule has 1 aromatic heterocycles. The van der Waals surface area contributed by atoms with Crippen LogP contribution in [0.2, 0.25) is 0 Å². The van der Waals surface area contributed by atoms with Crippen LogP contribution in [0.1, 0.15) is 29.7 Å². The van der Waals surface area contributed by atoms with E-state index in [4.69, 9.17) is 4.98 Å². The molecule has 0 spiro atoms. The van der Waals surface area contributed by atoms with Crippen LogP contribution in [0.15, 0.2) is 5.38 Å². The Labute approximate surface area is 107 Å². The molecule has 5 heteroatoms. The highest BCUT2D eigenvalue weighted by atomic mass is 32.1. The second-order valence-corrected chi connectivity index (χ2v) is 5.86. The first-order valence-electron chi connectivity index (χ1n) is 6.37. The number of hydrogen-bond acceptors (Lipinski definition) is 5. The molecule has 3 fully saturated rings. The van der Waals surface area contributed by atoms with Gasteiger partial charge in [0, 0.05) is 44.1 Å². The van der Waals surface area contributed by atoms with Crippen LogP contribution in [0.3, 0.4) is 0 Å². The highest BCUT2D eigenvalue weighted by Crippen LogP contribution is 2.31. The van der Waals surface area contributed by atoms with Gasteiger partial charge in [-0.15, -0.1) is 11.3 Å². The fourth-order valence-electron chi connectivity index (χ4n) is 2.65. The molecule has 94 valence electrons. The molecule has 3 aliphatic heterocycles. The minimum absolute atomic E-state index is 0.357. The van der Waals surface area contributed by atoms with E-state index in [1.807, 2.05) is 18.4 Å². The standard InChI is InChI=1S/C12H20N4S/c1-9(13-2)10-8-17-12(14-10)11-7-15-3-5-16(11)6-4-15/h8-9,11,13H,3-7H2,1-2H3. The summed E-state index contributed by atoms with van der Waals surface area (Å²) >= 11 is 1.82. The van der Waals surface area contributed by atoms with Gasteiger partial charge in [0.15, 0.2) is 0 Å². The first kappa shape index (κ1) is 11.6. The van der Waals surface area contributed by atoms with Crippen LogP contribution in [-0.2, 0) is 0 Å². The Morgan fingerprint density at radius 3 is 2.76 bits per heavy atom. The maximum atomic E-state index is 4.81. The lowest BCUT2D eigenvalue weighted by Gasteiger charge is -2.46. The molecule has 0 aliphatic carbocycles. The summed E-state index contributed by atoms with van der Waals surface area (Å²) < 4.78 is 0. The molecule has 2 bridgehead atoms. The summed E-state index contributed by atoms with van der Waals surface area (Å²) in [6, 6.07) is 0.899. The average molecular weight is 252 g/mol. The third kappa shape index (κ3) is 2.12. The van der Waals surface area contributed by atoms with Crippen molar-refractivity contribution in [1.29, 1.82) is 0 Å². The van der Waals surface area contributed by atoms with Crippen LogP contribution in [0, 0.1) is 0 Å². The van der Waals surface area contributed by atoms with Crippen molar-refractivity contribution in [3.63, 3.8) is 0 Å². The summed E-state index contributed by atoms with van der Waals surface area (Å²) in [7, 11) is 1.99. The van der Waals surface area contributed by atoms with Gasteiger partial charge in [-0.25, -0.2) is 4.98 Å². The summed E-state index contributed by atoms with van der Waals surface area (Å²) in [4.78, 5) is 9.96. The van der Waals surface area contributed by atoms with E-state index in [2.05, 4.69) is 27.4 Å². The zero-order chi connectivity index (χ0) is 11.8. The molecule has 4 nitrogen and oxygen atoms in total. The molecule has 4 rings (SSSR count). The topological polar surface area (TPSA) is 31.4 Å². The van der Waals surface area contributed by atoms with E-state index < -0.39 is 0 Å². The lowest BCUT2D eigenvalue weighted by atomic mass is 10.1. The Hall–Kier alpha value is -0.490. The Bertz CT molecular complexity index is 384. The summed E-state index contributed by atoms with van der Waals surface area (Å²) in [5.74, 6) is 0. The highest BCUT2D eigenvalue weighted by Gasteiger charge is 2.34. The normalized spacial score (nSPS) is 33.9. The van der Waals surface area contributed by atoms with Crippen LogP contribution in [-0.4, -0.2) is 54.6 Å². The molecular weight excluding hydrogens is 232 g/mol. The second kappa shape index (κ2) is 4.65. The summed E-state index contributed by atoms with van der Waals surface area (Å²) in [5.41, 5.74) is 1.19. The van der Waals surface area contributed by atoms with Gasteiger partial charge in [0.2, 0.25) is 0 Å². The lowest BCUT2D eigenvalue weighted by Crippen LogP contribution is -2.56. The molecule has 3 aliphatic rings. The quantitative estimate of drug-likeness (QED) is 0.873. The smallest absolute Gasteiger partial charge is 0.111 e.